The van der Waals surface area contributed by atoms with E-state index in [2.05, 4.69) is 10.0 Å². The van der Waals surface area contributed by atoms with Gasteiger partial charge < -0.3 is 14.8 Å². The van der Waals surface area contributed by atoms with E-state index in [-0.39, 0.29) is 21.2 Å². The second-order valence-corrected chi connectivity index (χ2v) is 8.34. The smallest absolute Gasteiger partial charge is 0.261 e. The molecule has 0 unspecified atom stereocenters. The Kier molecular flexibility index (Phi) is 6.67. The van der Waals surface area contributed by atoms with E-state index in [1.807, 2.05) is 0 Å². The molecule has 2 N–H and O–H groups in total. The van der Waals surface area contributed by atoms with Crippen molar-refractivity contribution < 1.29 is 27.1 Å². The molecule has 0 aromatic heterocycles. The highest BCUT2D eigenvalue weighted by molar-refractivity contribution is 7.92. The molecule has 0 radical (unpaired) electrons. The Morgan fingerprint density at radius 3 is 2.19 bits per heavy atom. The molecule has 0 saturated heterocycles. The number of benzene rings is 3. The average Bonchev–Trinajstić information content (AvgIpc) is 2.75. The van der Waals surface area contributed by atoms with Gasteiger partial charge in [0.05, 0.1) is 35.5 Å². The molecule has 3 rings (SSSR count). The number of rotatable bonds is 7. The number of carbonyl (C=O) groups is 1. The van der Waals surface area contributed by atoms with Crippen LogP contribution in [-0.4, -0.2) is 28.5 Å². The molecule has 7 nitrogen and oxygen atoms in total. The van der Waals surface area contributed by atoms with E-state index in [1.165, 1.54) is 68.8 Å². The summed E-state index contributed by atoms with van der Waals surface area (Å²) < 4.78 is 51.2. The maximum atomic E-state index is 13.7. The van der Waals surface area contributed by atoms with E-state index in [1.54, 1.807) is 0 Å². The van der Waals surface area contributed by atoms with Crippen molar-refractivity contribution in [1.82, 2.24) is 0 Å². The highest BCUT2D eigenvalue weighted by Crippen LogP contribution is 2.36. The molecule has 1 amide bonds. The summed E-state index contributed by atoms with van der Waals surface area (Å²) in [4.78, 5) is 12.5. The predicted octanol–water partition coefficient (Wildman–Crippen LogP) is 4.55. The first-order valence-corrected chi connectivity index (χ1v) is 10.7. The fourth-order valence-electron chi connectivity index (χ4n) is 2.69. The van der Waals surface area contributed by atoms with E-state index in [0.29, 0.717) is 17.2 Å². The Morgan fingerprint density at radius 2 is 1.58 bits per heavy atom. The molecule has 162 valence electrons. The van der Waals surface area contributed by atoms with Gasteiger partial charge in [-0.05, 0) is 42.5 Å². The number of halogens is 2. The van der Waals surface area contributed by atoms with Crippen molar-refractivity contribution in [1.29, 1.82) is 0 Å². The lowest BCUT2D eigenvalue weighted by Gasteiger charge is -2.13. The third-order valence-corrected chi connectivity index (χ3v) is 5.94. The van der Waals surface area contributed by atoms with Crippen LogP contribution in [0.15, 0.2) is 65.6 Å². The third kappa shape index (κ3) is 5.07. The summed E-state index contributed by atoms with van der Waals surface area (Å²) in [6.07, 6.45) is 0. The van der Waals surface area contributed by atoms with Gasteiger partial charge in [0.25, 0.3) is 15.9 Å². The van der Waals surface area contributed by atoms with Crippen LogP contribution in [0.4, 0.5) is 15.8 Å². The standard InChI is InChI=1S/C21H18ClFN2O5S/c1-29-19-12-20(30-2)18(11-15(19)22)24-21(26)13-7-9-14(10-8-13)31(27,28)25-17-6-4-3-5-16(17)23/h3-12,25H,1-2H3,(H,24,26). The van der Waals surface area contributed by atoms with Gasteiger partial charge in [-0.3, -0.25) is 9.52 Å². The monoisotopic (exact) mass is 464 g/mol. The molecule has 31 heavy (non-hydrogen) atoms. The Balaban J connectivity index is 1.79. The van der Waals surface area contributed by atoms with Gasteiger partial charge in [0, 0.05) is 11.6 Å². The average molecular weight is 465 g/mol. The zero-order valence-corrected chi connectivity index (χ0v) is 18.1. The fraction of sp³-hybridized carbons (Fsp3) is 0.0952. The maximum Gasteiger partial charge on any atom is 0.261 e. The minimum Gasteiger partial charge on any atom is -0.495 e. The summed E-state index contributed by atoms with van der Waals surface area (Å²) in [5.41, 5.74) is 0.336. The number of hydrogen-bond acceptors (Lipinski definition) is 5. The summed E-state index contributed by atoms with van der Waals surface area (Å²) in [5, 5.41) is 2.93. The molecule has 10 heteroatoms. The minimum absolute atomic E-state index is 0.127. The van der Waals surface area contributed by atoms with Crippen LogP contribution in [0.3, 0.4) is 0 Å². The van der Waals surface area contributed by atoms with Gasteiger partial charge in [0.2, 0.25) is 0 Å². The number of amides is 1. The van der Waals surface area contributed by atoms with E-state index >= 15 is 0 Å². The predicted molar refractivity (Wildman–Crippen MR) is 116 cm³/mol. The Hall–Kier alpha value is -3.30. The quantitative estimate of drug-likeness (QED) is 0.535. The summed E-state index contributed by atoms with van der Waals surface area (Å²) in [6.45, 7) is 0. The van der Waals surface area contributed by atoms with E-state index in [0.717, 1.165) is 6.07 Å². The third-order valence-electron chi connectivity index (χ3n) is 4.27. The van der Waals surface area contributed by atoms with Crippen molar-refractivity contribution in [2.45, 2.75) is 4.90 Å². The highest BCUT2D eigenvalue weighted by Gasteiger charge is 2.18. The molecular formula is C21H18ClFN2O5S. The number of hydrogen-bond donors (Lipinski definition) is 2. The largest absolute Gasteiger partial charge is 0.495 e. The molecule has 0 saturated carbocycles. The number of para-hydroxylation sites is 1. The summed E-state index contributed by atoms with van der Waals surface area (Å²) in [6, 6.07) is 13.6. The van der Waals surface area contributed by atoms with Crippen LogP contribution in [0.25, 0.3) is 0 Å². The second kappa shape index (κ2) is 9.23. The molecule has 0 spiro atoms. The van der Waals surface area contributed by atoms with E-state index in [4.69, 9.17) is 21.1 Å². The Morgan fingerprint density at radius 1 is 0.935 bits per heavy atom. The van der Waals surface area contributed by atoms with Gasteiger partial charge in [-0.25, -0.2) is 12.8 Å². The molecule has 0 fully saturated rings. The minimum atomic E-state index is -4.03. The van der Waals surface area contributed by atoms with Crippen LogP contribution >= 0.6 is 11.6 Å². The van der Waals surface area contributed by atoms with Crippen molar-refractivity contribution in [2.75, 3.05) is 24.3 Å². The normalized spacial score (nSPS) is 11.0. The van der Waals surface area contributed by atoms with Gasteiger partial charge in [0.1, 0.15) is 17.3 Å². The SMILES string of the molecule is COc1cc(OC)c(NC(=O)c2ccc(S(=O)(=O)Nc3ccccc3F)cc2)cc1Cl. The van der Waals surface area contributed by atoms with Crippen LogP contribution < -0.4 is 19.5 Å². The highest BCUT2D eigenvalue weighted by atomic mass is 35.5. The summed E-state index contributed by atoms with van der Waals surface area (Å²) in [5.74, 6) is -0.490. The molecular weight excluding hydrogens is 447 g/mol. The topological polar surface area (TPSA) is 93.7 Å². The van der Waals surface area contributed by atoms with Gasteiger partial charge in [-0.2, -0.15) is 0 Å². The zero-order chi connectivity index (χ0) is 22.6. The molecule has 3 aromatic rings. The lowest BCUT2D eigenvalue weighted by Crippen LogP contribution is -2.15. The number of carbonyl (C=O) groups excluding carboxylic acids is 1. The molecule has 0 aliphatic carbocycles. The van der Waals surface area contributed by atoms with E-state index < -0.39 is 21.7 Å². The van der Waals surface area contributed by atoms with Gasteiger partial charge in [-0.15, -0.1) is 0 Å². The molecule has 3 aromatic carbocycles. The zero-order valence-electron chi connectivity index (χ0n) is 16.5. The summed E-state index contributed by atoms with van der Waals surface area (Å²) in [7, 11) is -1.15. The first-order valence-electron chi connectivity index (χ1n) is 8.85. The van der Waals surface area contributed by atoms with Crippen molar-refractivity contribution in [3.63, 3.8) is 0 Å². The number of nitrogens with one attached hydrogen (secondary N) is 2. The van der Waals surface area contributed by atoms with Gasteiger partial charge in [0.15, 0.2) is 0 Å². The lowest BCUT2D eigenvalue weighted by atomic mass is 10.2. The van der Waals surface area contributed by atoms with Crippen molar-refractivity contribution in [2.24, 2.45) is 0 Å². The molecule has 0 aliphatic rings. The van der Waals surface area contributed by atoms with Crippen molar-refractivity contribution in [3.05, 3.63) is 77.1 Å². The van der Waals surface area contributed by atoms with Crippen LogP contribution in [0, 0.1) is 5.82 Å². The fourth-order valence-corrected chi connectivity index (χ4v) is 3.99. The van der Waals surface area contributed by atoms with Crippen LogP contribution in [0.5, 0.6) is 11.5 Å². The van der Waals surface area contributed by atoms with Crippen LogP contribution in [-0.2, 0) is 10.0 Å². The van der Waals surface area contributed by atoms with Crippen molar-refractivity contribution in [3.8, 4) is 11.5 Å². The summed E-state index contributed by atoms with van der Waals surface area (Å²) >= 11 is 6.10. The number of methoxy groups -OCH3 is 2. The number of anilines is 2. The number of sulfonamides is 1. The molecule has 0 atom stereocenters. The molecule has 0 bridgehead atoms. The van der Waals surface area contributed by atoms with Crippen LogP contribution in [0.2, 0.25) is 5.02 Å². The number of ether oxygens (including phenoxy) is 2. The first kappa shape index (κ1) is 22.4. The van der Waals surface area contributed by atoms with Gasteiger partial charge >= 0.3 is 0 Å². The lowest BCUT2D eigenvalue weighted by molar-refractivity contribution is 0.102. The molecule has 0 heterocycles. The Bertz CT molecular complexity index is 1220. The van der Waals surface area contributed by atoms with E-state index in [9.17, 15) is 17.6 Å². The second-order valence-electron chi connectivity index (χ2n) is 6.25. The van der Waals surface area contributed by atoms with Crippen LogP contribution in [0.1, 0.15) is 10.4 Å². The molecule has 0 aliphatic heterocycles. The van der Waals surface area contributed by atoms with Gasteiger partial charge in [-0.1, -0.05) is 23.7 Å². The van der Waals surface area contributed by atoms with Crippen molar-refractivity contribution >= 4 is 38.9 Å². The Labute approximate surface area is 183 Å². The maximum absolute atomic E-state index is 13.7. The first-order chi connectivity index (χ1) is 14.7.